The summed E-state index contributed by atoms with van der Waals surface area (Å²) in [5, 5.41) is 9.96. The summed E-state index contributed by atoms with van der Waals surface area (Å²) in [7, 11) is -2.40. The van der Waals surface area contributed by atoms with E-state index in [0.29, 0.717) is 11.3 Å². The van der Waals surface area contributed by atoms with Crippen LogP contribution in [-0.4, -0.2) is 35.8 Å². The Morgan fingerprint density at radius 3 is 2.68 bits per heavy atom. The van der Waals surface area contributed by atoms with Gasteiger partial charge in [0, 0.05) is 18.3 Å². The Bertz CT molecular complexity index is 962. The van der Waals surface area contributed by atoms with Crippen molar-refractivity contribution in [2.24, 2.45) is 0 Å². The lowest BCUT2D eigenvalue weighted by atomic mass is 10.3. The van der Waals surface area contributed by atoms with Crippen LogP contribution in [0.4, 0.5) is 0 Å². The number of nitrogens with one attached hydrogen (secondary N) is 1. The van der Waals surface area contributed by atoms with Crippen LogP contribution in [0.5, 0.6) is 5.75 Å². The summed E-state index contributed by atoms with van der Waals surface area (Å²) in [4.78, 5) is 12.1. The molecule has 0 aliphatic rings. The van der Waals surface area contributed by atoms with Crippen LogP contribution in [0.15, 0.2) is 58.4 Å². The number of aromatic nitrogens is 3. The minimum absolute atomic E-state index is 0.0199. The van der Waals surface area contributed by atoms with Crippen molar-refractivity contribution in [3.63, 3.8) is 0 Å². The summed E-state index contributed by atoms with van der Waals surface area (Å²) >= 11 is 0. The molecule has 0 spiro atoms. The third kappa shape index (κ3) is 3.53. The number of nitrogens with zero attached hydrogens (tertiary/aromatic N) is 3. The molecule has 1 amide bonds. The first-order chi connectivity index (χ1) is 12.0. The van der Waals surface area contributed by atoms with Crippen LogP contribution in [0.3, 0.4) is 0 Å². The molecule has 2 aromatic heterocycles. The molecule has 3 aromatic rings. The highest BCUT2D eigenvalue weighted by Gasteiger charge is 2.20. The molecule has 1 aromatic carbocycles. The van der Waals surface area contributed by atoms with Gasteiger partial charge in [-0.05, 0) is 30.3 Å². The van der Waals surface area contributed by atoms with Gasteiger partial charge in [-0.3, -0.25) is 4.79 Å². The number of amides is 1. The van der Waals surface area contributed by atoms with E-state index >= 15 is 0 Å². The average molecular weight is 362 g/mol. The molecule has 0 atom stereocenters. The van der Waals surface area contributed by atoms with E-state index in [1.165, 1.54) is 56.1 Å². The van der Waals surface area contributed by atoms with Gasteiger partial charge in [0.15, 0.2) is 5.69 Å². The van der Waals surface area contributed by atoms with Gasteiger partial charge >= 0.3 is 0 Å². The fourth-order valence-corrected chi connectivity index (χ4v) is 3.12. The molecule has 0 aliphatic heterocycles. The molecule has 0 aliphatic carbocycles. The summed E-state index contributed by atoms with van der Waals surface area (Å²) in [6, 6.07) is 7.19. The zero-order valence-electron chi connectivity index (χ0n) is 13.1. The highest BCUT2D eigenvalue weighted by Crippen LogP contribution is 2.17. The second kappa shape index (κ2) is 6.77. The molecule has 0 unspecified atom stereocenters. The molecule has 0 saturated heterocycles. The standard InChI is InChI=1S/C15H14N4O5S/c1-23-12-2-4-13(5-3-12)25(21,22)19-7-6-14(18-19)15(20)16-8-11-9-17-24-10-11/h2-7,9-10H,8H2,1H3,(H,16,20). The second-order valence-corrected chi connectivity index (χ2v) is 6.77. The first-order valence-electron chi connectivity index (χ1n) is 7.12. The molecule has 3 rings (SSSR count). The maximum absolute atomic E-state index is 12.5. The summed E-state index contributed by atoms with van der Waals surface area (Å²) in [5.41, 5.74) is 0.659. The van der Waals surface area contributed by atoms with Crippen molar-refractivity contribution in [3.8, 4) is 5.75 Å². The zero-order valence-corrected chi connectivity index (χ0v) is 13.9. The minimum atomic E-state index is -3.89. The van der Waals surface area contributed by atoms with Crippen LogP contribution in [0.2, 0.25) is 0 Å². The molecule has 2 heterocycles. The van der Waals surface area contributed by atoms with E-state index in [9.17, 15) is 13.2 Å². The number of rotatable bonds is 6. The number of ether oxygens (including phenoxy) is 1. The maximum atomic E-state index is 12.5. The lowest BCUT2D eigenvalue weighted by Crippen LogP contribution is -2.24. The first-order valence-corrected chi connectivity index (χ1v) is 8.56. The molecule has 25 heavy (non-hydrogen) atoms. The van der Waals surface area contributed by atoms with Gasteiger partial charge in [0.2, 0.25) is 0 Å². The van der Waals surface area contributed by atoms with Gasteiger partial charge in [0.1, 0.15) is 12.0 Å². The average Bonchev–Trinajstić information content (AvgIpc) is 3.31. The van der Waals surface area contributed by atoms with Crippen molar-refractivity contribution in [3.05, 3.63) is 60.2 Å². The lowest BCUT2D eigenvalue weighted by Gasteiger charge is -2.05. The third-order valence-corrected chi connectivity index (χ3v) is 4.90. The SMILES string of the molecule is COc1ccc(S(=O)(=O)n2ccc(C(=O)NCc3cnoc3)n2)cc1. The number of hydrogen-bond donors (Lipinski definition) is 1. The van der Waals surface area contributed by atoms with Crippen molar-refractivity contribution >= 4 is 15.9 Å². The van der Waals surface area contributed by atoms with E-state index in [-0.39, 0.29) is 17.1 Å². The van der Waals surface area contributed by atoms with Crippen molar-refractivity contribution in [2.75, 3.05) is 7.11 Å². The fraction of sp³-hybridized carbons (Fsp3) is 0.133. The first kappa shape index (κ1) is 16.7. The maximum Gasteiger partial charge on any atom is 0.282 e. The molecule has 0 saturated carbocycles. The fourth-order valence-electron chi connectivity index (χ4n) is 2.00. The molecule has 0 radical (unpaired) electrons. The summed E-state index contributed by atoms with van der Waals surface area (Å²) in [6.07, 6.45) is 4.08. The predicted molar refractivity (Wildman–Crippen MR) is 85.5 cm³/mol. The lowest BCUT2D eigenvalue weighted by molar-refractivity contribution is 0.0945. The number of carbonyl (C=O) groups excluding carboxylic acids is 1. The zero-order chi connectivity index (χ0) is 17.9. The van der Waals surface area contributed by atoms with Crippen LogP contribution in [0.1, 0.15) is 16.1 Å². The van der Waals surface area contributed by atoms with Gasteiger partial charge in [-0.15, -0.1) is 0 Å². The number of carbonyl (C=O) groups is 1. The van der Waals surface area contributed by atoms with Crippen LogP contribution in [-0.2, 0) is 16.6 Å². The number of benzene rings is 1. The second-order valence-electron chi connectivity index (χ2n) is 4.97. The Kier molecular flexibility index (Phi) is 4.52. The Morgan fingerprint density at radius 2 is 2.04 bits per heavy atom. The Morgan fingerprint density at radius 1 is 1.28 bits per heavy atom. The summed E-state index contributed by atoms with van der Waals surface area (Å²) < 4.78 is 35.5. The largest absolute Gasteiger partial charge is 0.497 e. The summed E-state index contributed by atoms with van der Waals surface area (Å²) in [6.45, 7) is 0.195. The smallest absolute Gasteiger partial charge is 0.282 e. The third-order valence-electron chi connectivity index (χ3n) is 3.34. The topological polar surface area (TPSA) is 116 Å². The van der Waals surface area contributed by atoms with E-state index in [4.69, 9.17) is 4.74 Å². The number of hydrogen-bond acceptors (Lipinski definition) is 7. The highest BCUT2D eigenvalue weighted by atomic mass is 32.2. The monoisotopic (exact) mass is 362 g/mol. The van der Waals surface area contributed by atoms with Gasteiger partial charge in [0.25, 0.3) is 15.9 Å². The van der Waals surface area contributed by atoms with E-state index < -0.39 is 15.9 Å². The van der Waals surface area contributed by atoms with Crippen molar-refractivity contribution in [1.29, 1.82) is 0 Å². The van der Waals surface area contributed by atoms with Crippen LogP contribution < -0.4 is 10.1 Å². The van der Waals surface area contributed by atoms with Gasteiger partial charge < -0.3 is 14.6 Å². The van der Waals surface area contributed by atoms with E-state index in [0.717, 1.165) is 4.09 Å². The normalized spacial score (nSPS) is 11.2. The van der Waals surface area contributed by atoms with E-state index in [1.807, 2.05) is 0 Å². The minimum Gasteiger partial charge on any atom is -0.497 e. The molecule has 130 valence electrons. The molecular weight excluding hydrogens is 348 g/mol. The van der Waals surface area contributed by atoms with Crippen molar-refractivity contribution < 1.29 is 22.5 Å². The van der Waals surface area contributed by atoms with Crippen LogP contribution >= 0.6 is 0 Å². The van der Waals surface area contributed by atoms with Crippen molar-refractivity contribution in [2.45, 2.75) is 11.4 Å². The molecule has 0 fully saturated rings. The van der Waals surface area contributed by atoms with E-state index in [2.05, 4.69) is 20.1 Å². The Hall–Kier alpha value is -3.14. The molecular formula is C15H14N4O5S. The quantitative estimate of drug-likeness (QED) is 0.696. The molecule has 1 N–H and O–H groups in total. The Balaban J connectivity index is 1.76. The Labute approximate surface area is 143 Å². The van der Waals surface area contributed by atoms with Crippen LogP contribution in [0, 0.1) is 0 Å². The van der Waals surface area contributed by atoms with Gasteiger partial charge in [0.05, 0.1) is 18.2 Å². The van der Waals surface area contributed by atoms with Crippen LogP contribution in [0.25, 0.3) is 0 Å². The molecule has 0 bridgehead atoms. The highest BCUT2D eigenvalue weighted by molar-refractivity contribution is 7.89. The van der Waals surface area contributed by atoms with Gasteiger partial charge in [-0.2, -0.15) is 17.6 Å². The summed E-state index contributed by atoms with van der Waals surface area (Å²) in [5.74, 6) is 0.0260. The molecule has 9 nitrogen and oxygen atoms in total. The van der Waals surface area contributed by atoms with Gasteiger partial charge in [-0.25, -0.2) is 0 Å². The van der Waals surface area contributed by atoms with E-state index in [1.54, 1.807) is 0 Å². The van der Waals surface area contributed by atoms with Crippen molar-refractivity contribution in [1.82, 2.24) is 19.7 Å². The molecule has 10 heteroatoms. The van der Waals surface area contributed by atoms with Gasteiger partial charge in [-0.1, -0.05) is 5.16 Å². The predicted octanol–water partition coefficient (Wildman–Crippen LogP) is 1.05. The number of methoxy groups -OCH3 is 1.